The second-order valence-corrected chi connectivity index (χ2v) is 11.1. The minimum atomic E-state index is -4.20. The molecule has 0 aliphatic carbocycles. The molecule has 29 heavy (non-hydrogen) atoms. The molecule has 0 heterocycles. The standard InChI is InChI=1S/3C5H13O3P.2Nd/c3*1-2-3-4-5-9(6,7)8;;/h3*2-5H2,1H3,(H2,6,7,8);;/q;;;2*+3/p-6. The van der Waals surface area contributed by atoms with Gasteiger partial charge >= 0.3 is 81.7 Å². The van der Waals surface area contributed by atoms with E-state index in [0.717, 1.165) is 38.5 Å². The molecule has 0 spiro atoms. The molecule has 0 aliphatic rings. The fourth-order valence-corrected chi connectivity index (χ4v) is 3.50. The van der Waals surface area contributed by atoms with Crippen molar-refractivity contribution in [3.8, 4) is 0 Å². The van der Waals surface area contributed by atoms with Gasteiger partial charge < -0.3 is 43.1 Å². The van der Waals surface area contributed by atoms with Crippen LogP contribution in [0.5, 0.6) is 0 Å². The van der Waals surface area contributed by atoms with Gasteiger partial charge in [0.25, 0.3) is 0 Å². The van der Waals surface area contributed by atoms with Crippen LogP contribution in [-0.2, 0) is 13.7 Å². The molecule has 0 fully saturated rings. The topological polar surface area (TPSA) is 190 Å². The summed E-state index contributed by atoms with van der Waals surface area (Å²) in [6, 6.07) is 0. The zero-order valence-electron chi connectivity index (χ0n) is 17.5. The first-order valence-electron chi connectivity index (χ1n) is 9.21. The van der Waals surface area contributed by atoms with Crippen molar-refractivity contribution in [2.24, 2.45) is 0 Å². The van der Waals surface area contributed by atoms with Gasteiger partial charge in [0.15, 0.2) is 0 Å². The second-order valence-electron chi connectivity index (χ2n) is 6.12. The predicted molar refractivity (Wildman–Crippen MR) is 96.0 cm³/mol. The zero-order chi connectivity index (χ0) is 22.0. The number of rotatable bonds is 12. The summed E-state index contributed by atoms with van der Waals surface area (Å²) in [6.07, 6.45) is 6.32. The summed E-state index contributed by atoms with van der Waals surface area (Å²) in [5.41, 5.74) is 0. The minimum Gasteiger partial charge on any atom is -0.811 e. The van der Waals surface area contributed by atoms with Crippen molar-refractivity contribution in [2.75, 3.05) is 18.5 Å². The maximum atomic E-state index is 9.98. The summed E-state index contributed by atoms with van der Waals surface area (Å²) >= 11 is 0. The van der Waals surface area contributed by atoms with E-state index >= 15 is 0 Å². The van der Waals surface area contributed by atoms with E-state index in [9.17, 15) is 43.1 Å². The van der Waals surface area contributed by atoms with Crippen LogP contribution in [0.1, 0.15) is 78.6 Å². The van der Waals surface area contributed by atoms with Crippen molar-refractivity contribution < 1.29 is 125 Å². The molecule has 0 N–H and O–H groups in total. The minimum absolute atomic E-state index is 0. The summed E-state index contributed by atoms with van der Waals surface area (Å²) in [5, 5.41) is 0. The molecule has 0 saturated heterocycles. The summed E-state index contributed by atoms with van der Waals surface area (Å²) in [7, 11) is -12.6. The third-order valence-electron chi connectivity index (χ3n) is 3.11. The van der Waals surface area contributed by atoms with Crippen LogP contribution in [-0.4, -0.2) is 18.5 Å². The number of unbranched alkanes of at least 4 members (excludes halogenated alkanes) is 6. The van der Waals surface area contributed by atoms with Gasteiger partial charge in [-0.05, 0) is 37.7 Å². The van der Waals surface area contributed by atoms with E-state index < -0.39 is 22.8 Å². The third-order valence-corrected chi connectivity index (χ3v) is 5.70. The molecule has 2 radical (unpaired) electrons. The van der Waals surface area contributed by atoms with Gasteiger partial charge in [-0.3, -0.25) is 0 Å². The molecule has 0 amide bonds. The van der Waals surface area contributed by atoms with Gasteiger partial charge in [0.1, 0.15) is 0 Å². The zero-order valence-corrected chi connectivity index (χ0v) is 26.6. The normalized spacial score (nSPS) is 11.1. The van der Waals surface area contributed by atoms with Crippen molar-refractivity contribution in [2.45, 2.75) is 78.6 Å². The van der Waals surface area contributed by atoms with Crippen LogP contribution in [0.2, 0.25) is 0 Å². The molecule has 0 bridgehead atoms. The Morgan fingerprint density at radius 1 is 0.448 bits per heavy atom. The Bertz CT molecular complexity index is 397. The van der Waals surface area contributed by atoms with E-state index in [0.29, 0.717) is 19.3 Å². The third kappa shape index (κ3) is 59.2. The van der Waals surface area contributed by atoms with Crippen LogP contribution >= 0.6 is 22.8 Å². The summed E-state index contributed by atoms with van der Waals surface area (Å²) in [6.45, 7) is 5.88. The largest absolute Gasteiger partial charge is 3.00 e. The fourth-order valence-electron chi connectivity index (χ4n) is 1.67. The van der Waals surface area contributed by atoms with Gasteiger partial charge in [-0.15, -0.1) is 0 Å². The molecule has 0 unspecified atom stereocenters. The molecule has 0 aromatic heterocycles. The molecule has 0 rings (SSSR count). The predicted octanol–water partition coefficient (Wildman–Crippen LogP) is 0.271. The second kappa shape index (κ2) is 25.8. The molecule has 0 aromatic rings. The first-order chi connectivity index (χ1) is 12.2. The van der Waals surface area contributed by atoms with Gasteiger partial charge in [-0.25, -0.2) is 0 Å². The van der Waals surface area contributed by atoms with Crippen molar-refractivity contribution in [3.05, 3.63) is 0 Å². The molecule has 0 aliphatic heterocycles. The first-order valence-corrected chi connectivity index (χ1v) is 14.4. The SMILES string of the molecule is CCCCCP(=O)([O-])[O-].CCCCCP(=O)([O-])[O-].CCCCCP(=O)([O-])[O-].[Nd+3].[Nd+3]. The molecule has 0 atom stereocenters. The Morgan fingerprint density at radius 2 is 0.621 bits per heavy atom. The average molecular weight is 739 g/mol. The summed E-state index contributed by atoms with van der Waals surface area (Å²) in [5.74, 6) is 0. The van der Waals surface area contributed by atoms with Crippen molar-refractivity contribution in [1.82, 2.24) is 0 Å². The molecule has 170 valence electrons. The Balaban J connectivity index is -0.0000000960. The molecule has 0 saturated carbocycles. The molecule has 0 aromatic carbocycles. The van der Waals surface area contributed by atoms with Crippen LogP contribution in [0, 0.1) is 81.7 Å². The Hall–Kier alpha value is 3.15. The van der Waals surface area contributed by atoms with Gasteiger partial charge in [-0.1, -0.05) is 82.1 Å². The van der Waals surface area contributed by atoms with Crippen molar-refractivity contribution in [1.29, 1.82) is 0 Å². The van der Waals surface area contributed by atoms with Gasteiger partial charge in [0, 0.05) is 0 Å². The van der Waals surface area contributed by atoms with E-state index in [1.165, 1.54) is 0 Å². The number of hydrogen-bond acceptors (Lipinski definition) is 9. The molecule has 9 nitrogen and oxygen atoms in total. The van der Waals surface area contributed by atoms with Crippen molar-refractivity contribution in [3.63, 3.8) is 0 Å². The maximum absolute atomic E-state index is 9.98. The van der Waals surface area contributed by atoms with E-state index in [-0.39, 0.29) is 100 Å². The van der Waals surface area contributed by atoms with Crippen LogP contribution in [0.4, 0.5) is 0 Å². The van der Waals surface area contributed by atoms with Crippen LogP contribution in [0.15, 0.2) is 0 Å². The molecule has 14 heteroatoms. The smallest absolute Gasteiger partial charge is 0.811 e. The summed E-state index contributed by atoms with van der Waals surface area (Å²) < 4.78 is 29.9. The van der Waals surface area contributed by atoms with E-state index in [1.54, 1.807) is 0 Å². The molecular formula is C15H33Nd2O9P3. The van der Waals surface area contributed by atoms with Crippen LogP contribution < -0.4 is 29.4 Å². The fraction of sp³-hybridized carbons (Fsp3) is 1.00. The number of hydrogen-bond donors (Lipinski definition) is 0. The van der Waals surface area contributed by atoms with Crippen LogP contribution in [0.3, 0.4) is 0 Å². The Morgan fingerprint density at radius 3 is 0.724 bits per heavy atom. The van der Waals surface area contributed by atoms with Crippen molar-refractivity contribution >= 4 is 22.8 Å². The van der Waals surface area contributed by atoms with Gasteiger partial charge in [0.2, 0.25) is 0 Å². The van der Waals surface area contributed by atoms with Gasteiger partial charge in [-0.2, -0.15) is 0 Å². The van der Waals surface area contributed by atoms with E-state index in [1.807, 2.05) is 20.8 Å². The average Bonchev–Trinajstić information content (AvgIpc) is 2.46. The van der Waals surface area contributed by atoms with E-state index in [4.69, 9.17) is 0 Å². The Labute approximate surface area is 241 Å². The van der Waals surface area contributed by atoms with E-state index in [2.05, 4.69) is 0 Å². The van der Waals surface area contributed by atoms with Crippen LogP contribution in [0.25, 0.3) is 0 Å². The maximum Gasteiger partial charge on any atom is 3.00 e. The monoisotopic (exact) mass is 734 g/mol. The Kier molecular flexibility index (Phi) is 37.6. The van der Waals surface area contributed by atoms with Gasteiger partial charge in [0.05, 0.1) is 0 Å². The quantitative estimate of drug-likeness (QED) is 0.200. The molecular weight excluding hydrogens is 706 g/mol. The summed E-state index contributed by atoms with van der Waals surface area (Å²) in [4.78, 5) is 59.9. The first kappa shape index (κ1) is 42.3.